The molecule has 0 aliphatic rings. The number of ketones is 1. The predicted octanol–water partition coefficient (Wildman–Crippen LogP) is 3.75. The maximum atomic E-state index is 13.0. The van der Waals surface area contributed by atoms with E-state index in [0.717, 1.165) is 16.5 Å². The van der Waals surface area contributed by atoms with Crippen LogP contribution in [0.1, 0.15) is 26.4 Å². The summed E-state index contributed by atoms with van der Waals surface area (Å²) in [7, 11) is 0. The zero-order chi connectivity index (χ0) is 19.7. The largest absolute Gasteiger partial charge is 0.453 e. The number of esters is 1. The lowest BCUT2D eigenvalue weighted by atomic mass is 10.0. The van der Waals surface area contributed by atoms with Gasteiger partial charge in [-0.15, -0.1) is 0 Å². The number of benzene rings is 2. The number of carbonyl (C=O) groups excluding carboxylic acids is 2. The number of hydrogen-bond acceptors (Lipinski definition) is 6. The summed E-state index contributed by atoms with van der Waals surface area (Å²) in [5.74, 6) is -1.20. The summed E-state index contributed by atoms with van der Waals surface area (Å²) in [6.07, 6.45) is 0. The molecule has 7 heteroatoms. The molecule has 140 valence electrons. The topological polar surface area (TPSA) is 111 Å². The monoisotopic (exact) mass is 375 g/mol. The van der Waals surface area contributed by atoms with Crippen LogP contribution in [0.25, 0.3) is 22.2 Å². The van der Waals surface area contributed by atoms with Gasteiger partial charge in [0.25, 0.3) is 0 Å². The third-order valence-corrected chi connectivity index (χ3v) is 4.47. The minimum Gasteiger partial charge on any atom is -0.453 e. The van der Waals surface area contributed by atoms with E-state index in [-0.39, 0.29) is 17.2 Å². The van der Waals surface area contributed by atoms with E-state index in [1.807, 2.05) is 54.6 Å². The Kier molecular flexibility index (Phi) is 4.41. The highest BCUT2D eigenvalue weighted by Gasteiger charge is 2.24. The number of rotatable bonds is 5. The molecule has 2 aromatic carbocycles. The van der Waals surface area contributed by atoms with Gasteiger partial charge in [0.05, 0.1) is 17.0 Å². The van der Waals surface area contributed by atoms with Crippen molar-refractivity contribution in [1.82, 2.24) is 10.1 Å². The Morgan fingerprint density at radius 3 is 2.50 bits per heavy atom. The van der Waals surface area contributed by atoms with Gasteiger partial charge in [-0.1, -0.05) is 53.7 Å². The van der Waals surface area contributed by atoms with Crippen molar-refractivity contribution in [2.75, 3.05) is 12.3 Å². The van der Waals surface area contributed by atoms with E-state index in [1.54, 1.807) is 6.92 Å². The van der Waals surface area contributed by atoms with E-state index in [4.69, 9.17) is 15.0 Å². The summed E-state index contributed by atoms with van der Waals surface area (Å²) in [4.78, 5) is 28.6. The molecular weight excluding hydrogens is 358 g/mol. The maximum Gasteiger partial charge on any atom is 0.346 e. The molecular formula is C21H17N3O4. The SMILES string of the molecule is Cc1noc(N)c1C(=O)OCC(=O)c1c(-c2ccccc2)[nH]c2ccccc12. The molecule has 0 saturated heterocycles. The zero-order valence-corrected chi connectivity index (χ0v) is 15.1. The number of nitrogens with zero attached hydrogens (tertiary/aromatic N) is 1. The van der Waals surface area contributed by atoms with Crippen molar-refractivity contribution in [2.24, 2.45) is 0 Å². The van der Waals surface area contributed by atoms with Crippen molar-refractivity contribution in [3.63, 3.8) is 0 Å². The fraction of sp³-hybridized carbons (Fsp3) is 0.0952. The van der Waals surface area contributed by atoms with Gasteiger partial charge in [-0.2, -0.15) is 0 Å². The van der Waals surface area contributed by atoms with Crippen LogP contribution in [0.5, 0.6) is 0 Å². The van der Waals surface area contributed by atoms with Crippen molar-refractivity contribution in [3.05, 3.63) is 71.4 Å². The Hall–Kier alpha value is -3.87. The lowest BCUT2D eigenvalue weighted by Crippen LogP contribution is -2.16. The molecule has 2 heterocycles. The summed E-state index contributed by atoms with van der Waals surface area (Å²) in [6.45, 7) is 1.15. The summed E-state index contributed by atoms with van der Waals surface area (Å²) in [5.41, 5.74) is 8.80. The summed E-state index contributed by atoms with van der Waals surface area (Å²) < 4.78 is 9.96. The highest BCUT2D eigenvalue weighted by molar-refractivity contribution is 6.14. The number of carbonyl (C=O) groups is 2. The standard InChI is InChI=1S/C21H17N3O4/c1-12-17(20(22)28-24-12)21(26)27-11-16(25)18-14-9-5-6-10-15(14)23-19(18)13-7-3-2-4-8-13/h2-10,23H,11,22H2,1H3. The second-order valence-electron chi connectivity index (χ2n) is 6.29. The fourth-order valence-corrected chi connectivity index (χ4v) is 3.16. The van der Waals surface area contributed by atoms with Crippen LogP contribution in [-0.2, 0) is 4.74 Å². The minimum absolute atomic E-state index is 0.0370. The number of nitrogen functional groups attached to an aromatic ring is 1. The van der Waals surface area contributed by atoms with Gasteiger partial charge in [0.15, 0.2) is 6.61 Å². The Morgan fingerprint density at radius 2 is 1.79 bits per heavy atom. The number of aryl methyl sites for hydroxylation is 1. The first-order valence-electron chi connectivity index (χ1n) is 8.64. The van der Waals surface area contributed by atoms with Crippen molar-refractivity contribution in [3.8, 4) is 11.3 Å². The number of fused-ring (bicyclic) bond motifs is 1. The van der Waals surface area contributed by atoms with Crippen molar-refractivity contribution < 1.29 is 18.8 Å². The van der Waals surface area contributed by atoms with Gasteiger partial charge >= 0.3 is 5.97 Å². The highest BCUT2D eigenvalue weighted by atomic mass is 16.5. The van der Waals surface area contributed by atoms with E-state index in [1.165, 1.54) is 0 Å². The van der Waals surface area contributed by atoms with Gasteiger partial charge in [-0.3, -0.25) is 4.79 Å². The van der Waals surface area contributed by atoms with E-state index >= 15 is 0 Å². The lowest BCUT2D eigenvalue weighted by Gasteiger charge is -2.06. The minimum atomic E-state index is -0.745. The molecule has 0 bridgehead atoms. The molecule has 3 N–H and O–H groups in total. The molecule has 7 nitrogen and oxygen atoms in total. The number of ether oxygens (including phenoxy) is 1. The first-order chi connectivity index (χ1) is 13.6. The summed E-state index contributed by atoms with van der Waals surface area (Å²) >= 11 is 0. The lowest BCUT2D eigenvalue weighted by molar-refractivity contribution is 0.0475. The molecule has 0 radical (unpaired) electrons. The van der Waals surface area contributed by atoms with Crippen molar-refractivity contribution >= 4 is 28.5 Å². The predicted molar refractivity (Wildman–Crippen MR) is 104 cm³/mol. The third-order valence-electron chi connectivity index (χ3n) is 4.47. The van der Waals surface area contributed by atoms with Crippen LogP contribution < -0.4 is 5.73 Å². The van der Waals surface area contributed by atoms with E-state index in [9.17, 15) is 9.59 Å². The quantitative estimate of drug-likeness (QED) is 0.406. The molecule has 0 amide bonds. The molecule has 0 saturated carbocycles. The van der Waals surface area contributed by atoms with Gasteiger partial charge in [-0.05, 0) is 18.6 Å². The molecule has 0 atom stereocenters. The van der Waals surface area contributed by atoms with Crippen LogP contribution in [0.15, 0.2) is 59.1 Å². The molecule has 0 fully saturated rings. The number of Topliss-reactive ketones (excluding diaryl/α,β-unsaturated/α-hetero) is 1. The van der Waals surface area contributed by atoms with Gasteiger partial charge in [-0.25, -0.2) is 4.79 Å². The van der Waals surface area contributed by atoms with Gasteiger partial charge < -0.3 is 20.0 Å². The average molecular weight is 375 g/mol. The van der Waals surface area contributed by atoms with Gasteiger partial charge in [0.1, 0.15) is 5.56 Å². The number of nitrogens with one attached hydrogen (secondary N) is 1. The molecule has 2 aromatic heterocycles. The van der Waals surface area contributed by atoms with Crippen LogP contribution >= 0.6 is 0 Å². The molecule has 0 aliphatic heterocycles. The van der Waals surface area contributed by atoms with Crippen LogP contribution in [0, 0.1) is 6.92 Å². The van der Waals surface area contributed by atoms with Gasteiger partial charge in [0, 0.05) is 10.9 Å². The molecule has 28 heavy (non-hydrogen) atoms. The Balaban J connectivity index is 1.66. The average Bonchev–Trinajstić information content (AvgIpc) is 3.26. The van der Waals surface area contributed by atoms with Crippen LogP contribution in [0.3, 0.4) is 0 Å². The first kappa shape index (κ1) is 17.5. The zero-order valence-electron chi connectivity index (χ0n) is 15.1. The number of para-hydroxylation sites is 1. The van der Waals surface area contributed by atoms with E-state index in [0.29, 0.717) is 17.0 Å². The first-order valence-corrected chi connectivity index (χ1v) is 8.64. The Bertz CT molecular complexity index is 1160. The second-order valence-corrected chi connectivity index (χ2v) is 6.29. The molecule has 0 aliphatic carbocycles. The summed E-state index contributed by atoms with van der Waals surface area (Å²) in [6, 6.07) is 17.0. The van der Waals surface area contributed by atoms with Crippen LogP contribution in [0.4, 0.5) is 5.88 Å². The normalized spacial score (nSPS) is 10.9. The van der Waals surface area contributed by atoms with E-state index in [2.05, 4.69) is 10.1 Å². The highest BCUT2D eigenvalue weighted by Crippen LogP contribution is 2.30. The van der Waals surface area contributed by atoms with E-state index < -0.39 is 12.6 Å². The van der Waals surface area contributed by atoms with Gasteiger partial charge in [0.2, 0.25) is 11.7 Å². The molecule has 0 spiro atoms. The number of anilines is 1. The number of aromatic amines is 1. The second kappa shape index (κ2) is 7.03. The Morgan fingerprint density at radius 1 is 1.07 bits per heavy atom. The third kappa shape index (κ3) is 3.03. The number of H-pyrrole nitrogens is 1. The van der Waals surface area contributed by atoms with Crippen molar-refractivity contribution in [1.29, 1.82) is 0 Å². The Labute approximate surface area is 160 Å². The summed E-state index contributed by atoms with van der Waals surface area (Å²) in [5, 5.41) is 4.38. The number of nitrogens with two attached hydrogens (primary N) is 1. The molecule has 0 unspecified atom stereocenters. The van der Waals surface area contributed by atoms with Crippen molar-refractivity contribution in [2.45, 2.75) is 6.92 Å². The van der Waals surface area contributed by atoms with Crippen LogP contribution in [-0.4, -0.2) is 28.5 Å². The smallest absolute Gasteiger partial charge is 0.346 e. The molecule has 4 aromatic rings. The number of hydrogen-bond donors (Lipinski definition) is 2. The number of aromatic nitrogens is 2. The van der Waals surface area contributed by atoms with Crippen LogP contribution in [0.2, 0.25) is 0 Å². The maximum absolute atomic E-state index is 13.0. The molecule has 4 rings (SSSR count). The fourth-order valence-electron chi connectivity index (χ4n) is 3.16.